The van der Waals surface area contributed by atoms with Gasteiger partial charge in [0.05, 0.1) is 6.54 Å². The fourth-order valence-electron chi connectivity index (χ4n) is 4.93. The van der Waals surface area contributed by atoms with Crippen LogP contribution in [0, 0.1) is 13.8 Å². The molecule has 6 rings (SSSR count). The fourth-order valence-corrected chi connectivity index (χ4v) is 6.10. The molecule has 0 aliphatic heterocycles. The Balaban J connectivity index is 1.47. The Bertz CT molecular complexity index is 1540. The van der Waals surface area contributed by atoms with Crippen molar-refractivity contribution in [2.45, 2.75) is 46.6 Å². The molecule has 34 heavy (non-hydrogen) atoms. The summed E-state index contributed by atoms with van der Waals surface area (Å²) in [5, 5.41) is 14.7. The second-order valence-electron chi connectivity index (χ2n) is 8.76. The van der Waals surface area contributed by atoms with Crippen molar-refractivity contribution in [2.24, 2.45) is 0 Å². The zero-order valence-corrected chi connectivity index (χ0v) is 20.3. The van der Waals surface area contributed by atoms with Gasteiger partial charge in [-0.1, -0.05) is 31.2 Å². The third-order valence-electron chi connectivity index (χ3n) is 6.45. The average molecular weight is 468 g/mol. The highest BCUT2D eigenvalue weighted by molar-refractivity contribution is 7.12. The minimum absolute atomic E-state index is 0.592. The van der Waals surface area contributed by atoms with Crippen molar-refractivity contribution >= 4 is 34.1 Å². The van der Waals surface area contributed by atoms with Gasteiger partial charge in [-0.2, -0.15) is 5.21 Å². The van der Waals surface area contributed by atoms with Gasteiger partial charge in [0.2, 0.25) is 0 Å². The Kier molecular flexibility index (Phi) is 5.10. The van der Waals surface area contributed by atoms with Gasteiger partial charge >= 0.3 is 0 Å². The second kappa shape index (κ2) is 8.29. The molecule has 170 valence electrons. The molecular weight excluding hydrogens is 442 g/mol. The van der Waals surface area contributed by atoms with E-state index in [0.29, 0.717) is 5.82 Å². The van der Waals surface area contributed by atoms with Crippen LogP contribution in [-0.4, -0.2) is 35.2 Å². The average Bonchev–Trinajstić information content (AvgIpc) is 3.54. The summed E-state index contributed by atoms with van der Waals surface area (Å²) in [4.78, 5) is 12.5. The number of hydrogen-bond donors (Lipinski definition) is 1. The maximum Gasteiger partial charge on any atom is 0.198 e. The highest BCUT2D eigenvalue weighted by Crippen LogP contribution is 2.39. The molecule has 1 N–H and O–H groups in total. The van der Waals surface area contributed by atoms with E-state index >= 15 is 0 Å². The van der Waals surface area contributed by atoms with Gasteiger partial charge in [0.15, 0.2) is 11.5 Å². The number of aromatic nitrogens is 7. The smallest absolute Gasteiger partial charge is 0.198 e. The van der Waals surface area contributed by atoms with E-state index in [1.807, 2.05) is 17.4 Å². The summed E-state index contributed by atoms with van der Waals surface area (Å²) >= 11 is 1.89. The standard InChI is InChI=1S/C26H25N7S/c1-4-24-28-25-15(2)11-16(3)27-26(25)33(24)14-18-12-21-20(13-23-29-31-32-30-23)19-8-6-5-7-17(19)9-10-22(21)34-18/h5-8,11-13H,4,9-10,14H2,1-3H3,(H,29,30,31,32)/b20-13+. The lowest BCUT2D eigenvalue weighted by molar-refractivity contribution is 0.753. The van der Waals surface area contributed by atoms with E-state index in [4.69, 9.17) is 9.97 Å². The molecule has 7 nitrogen and oxygen atoms in total. The number of tetrazole rings is 1. The lowest BCUT2D eigenvalue weighted by atomic mass is 9.95. The molecule has 5 aromatic rings. The molecule has 0 bridgehead atoms. The van der Waals surface area contributed by atoms with Crippen LogP contribution < -0.4 is 0 Å². The highest BCUT2D eigenvalue weighted by atomic mass is 32.1. The van der Waals surface area contributed by atoms with E-state index in [2.05, 4.69) is 82.4 Å². The number of benzene rings is 1. The zero-order chi connectivity index (χ0) is 23.2. The predicted octanol–water partition coefficient (Wildman–Crippen LogP) is 4.92. The first-order chi connectivity index (χ1) is 16.6. The van der Waals surface area contributed by atoms with Crippen molar-refractivity contribution in [1.29, 1.82) is 0 Å². The molecule has 4 aromatic heterocycles. The van der Waals surface area contributed by atoms with E-state index < -0.39 is 0 Å². The van der Waals surface area contributed by atoms with Crippen LogP contribution in [-0.2, 0) is 25.8 Å². The zero-order valence-electron chi connectivity index (χ0n) is 19.5. The molecule has 1 aliphatic carbocycles. The lowest BCUT2D eigenvalue weighted by Crippen LogP contribution is -2.04. The Morgan fingerprint density at radius 1 is 1.09 bits per heavy atom. The third kappa shape index (κ3) is 3.54. The number of H-pyrrole nitrogens is 1. The van der Waals surface area contributed by atoms with Gasteiger partial charge in [0, 0.05) is 21.9 Å². The number of nitrogens with zero attached hydrogens (tertiary/aromatic N) is 6. The first-order valence-electron chi connectivity index (χ1n) is 11.6. The maximum absolute atomic E-state index is 4.93. The van der Waals surface area contributed by atoms with Crippen LogP contribution in [0.15, 0.2) is 36.4 Å². The van der Waals surface area contributed by atoms with Gasteiger partial charge in [-0.05, 0) is 77.9 Å². The van der Waals surface area contributed by atoms with Gasteiger partial charge < -0.3 is 4.57 Å². The molecule has 0 fully saturated rings. The number of aromatic amines is 1. The summed E-state index contributed by atoms with van der Waals surface area (Å²) in [5.74, 6) is 1.67. The van der Waals surface area contributed by atoms with Gasteiger partial charge in [-0.25, -0.2) is 9.97 Å². The van der Waals surface area contributed by atoms with Crippen LogP contribution in [0.1, 0.15) is 56.3 Å². The first kappa shape index (κ1) is 20.9. The topological polar surface area (TPSA) is 85.2 Å². The molecular formula is C26H25N7S. The number of thiophene rings is 1. The summed E-state index contributed by atoms with van der Waals surface area (Å²) in [6.07, 6.45) is 4.95. The molecule has 4 heterocycles. The normalized spacial score (nSPS) is 14.4. The molecule has 8 heteroatoms. The van der Waals surface area contributed by atoms with Gasteiger partial charge in [-0.15, -0.1) is 21.5 Å². The highest BCUT2D eigenvalue weighted by Gasteiger charge is 2.22. The van der Waals surface area contributed by atoms with Crippen LogP contribution in [0.25, 0.3) is 22.8 Å². The largest absolute Gasteiger partial charge is 0.307 e. The van der Waals surface area contributed by atoms with Crippen molar-refractivity contribution in [3.63, 3.8) is 0 Å². The summed E-state index contributed by atoms with van der Waals surface area (Å²) in [7, 11) is 0. The minimum atomic E-state index is 0.592. The Labute approximate surface area is 201 Å². The minimum Gasteiger partial charge on any atom is -0.307 e. The predicted molar refractivity (Wildman–Crippen MR) is 135 cm³/mol. The molecule has 0 saturated carbocycles. The number of aryl methyl sites for hydroxylation is 5. The van der Waals surface area contributed by atoms with Crippen LogP contribution in [0.3, 0.4) is 0 Å². The van der Waals surface area contributed by atoms with Crippen LogP contribution in [0.4, 0.5) is 0 Å². The Morgan fingerprint density at radius 2 is 1.97 bits per heavy atom. The second-order valence-corrected chi connectivity index (χ2v) is 9.98. The van der Waals surface area contributed by atoms with E-state index in [0.717, 1.165) is 54.1 Å². The van der Waals surface area contributed by atoms with Crippen LogP contribution >= 0.6 is 11.3 Å². The molecule has 1 aromatic carbocycles. The van der Waals surface area contributed by atoms with E-state index in [1.165, 1.54) is 32.0 Å². The summed E-state index contributed by atoms with van der Waals surface area (Å²) in [5.41, 5.74) is 9.20. The molecule has 0 unspecified atom stereocenters. The Hall–Kier alpha value is -3.65. The summed E-state index contributed by atoms with van der Waals surface area (Å²) < 4.78 is 2.29. The molecule has 0 amide bonds. The maximum atomic E-state index is 4.93. The van der Waals surface area contributed by atoms with Crippen molar-refractivity contribution < 1.29 is 0 Å². The number of fused-ring (bicyclic) bond motifs is 3. The molecule has 0 saturated heterocycles. The first-order valence-corrected chi connectivity index (χ1v) is 12.4. The molecule has 1 aliphatic rings. The summed E-state index contributed by atoms with van der Waals surface area (Å²) in [6, 6.07) is 13.1. The van der Waals surface area contributed by atoms with Gasteiger partial charge in [-0.3, -0.25) is 0 Å². The molecule has 0 spiro atoms. The van der Waals surface area contributed by atoms with E-state index in [1.54, 1.807) is 0 Å². The fraction of sp³-hybridized carbons (Fsp3) is 0.269. The van der Waals surface area contributed by atoms with Gasteiger partial charge in [0.25, 0.3) is 0 Å². The molecule has 0 atom stereocenters. The monoisotopic (exact) mass is 467 g/mol. The number of pyridine rings is 1. The van der Waals surface area contributed by atoms with Crippen molar-refractivity contribution in [3.05, 3.63) is 85.7 Å². The Morgan fingerprint density at radius 3 is 2.79 bits per heavy atom. The summed E-state index contributed by atoms with van der Waals surface area (Å²) in [6.45, 7) is 7.10. The van der Waals surface area contributed by atoms with E-state index in [-0.39, 0.29) is 0 Å². The van der Waals surface area contributed by atoms with Crippen molar-refractivity contribution in [2.75, 3.05) is 0 Å². The third-order valence-corrected chi connectivity index (χ3v) is 7.63. The van der Waals surface area contributed by atoms with Gasteiger partial charge in [0.1, 0.15) is 11.3 Å². The number of rotatable bonds is 4. The molecule has 0 radical (unpaired) electrons. The van der Waals surface area contributed by atoms with Crippen molar-refractivity contribution in [1.82, 2.24) is 35.2 Å². The van der Waals surface area contributed by atoms with Crippen LogP contribution in [0.5, 0.6) is 0 Å². The number of nitrogens with one attached hydrogen (secondary N) is 1. The lowest BCUT2D eigenvalue weighted by Gasteiger charge is -2.09. The number of imidazole rings is 1. The number of hydrogen-bond acceptors (Lipinski definition) is 6. The van der Waals surface area contributed by atoms with E-state index in [9.17, 15) is 0 Å². The van der Waals surface area contributed by atoms with Crippen molar-refractivity contribution in [3.8, 4) is 0 Å². The SMILES string of the molecule is CCc1nc2c(C)cc(C)nc2n1Cc1cc2c(s1)CCc1ccccc1/C2=C\c1nn[nH]n1. The quantitative estimate of drug-likeness (QED) is 0.405. The van der Waals surface area contributed by atoms with Crippen LogP contribution in [0.2, 0.25) is 0 Å².